The van der Waals surface area contributed by atoms with Crippen LogP contribution >= 0.6 is 0 Å². The molecular weight excluding hydrogens is 282 g/mol. The van der Waals surface area contributed by atoms with E-state index in [1.165, 1.54) is 25.3 Å². The van der Waals surface area contributed by atoms with Crippen molar-refractivity contribution >= 4 is 17.6 Å². The van der Waals surface area contributed by atoms with Gasteiger partial charge in [-0.2, -0.15) is 0 Å². The summed E-state index contributed by atoms with van der Waals surface area (Å²) in [5, 5.41) is 2.18. The highest BCUT2D eigenvalue weighted by atomic mass is 19.1. The summed E-state index contributed by atoms with van der Waals surface area (Å²) in [7, 11) is 1.18. The van der Waals surface area contributed by atoms with Crippen LogP contribution in [0.1, 0.15) is 21.0 Å². The van der Waals surface area contributed by atoms with Gasteiger partial charge < -0.3 is 10.1 Å². The van der Waals surface area contributed by atoms with Crippen molar-refractivity contribution in [3.05, 3.63) is 59.4 Å². The Bertz CT molecular complexity index is 704. The molecule has 0 saturated heterocycles. The molecule has 0 atom stereocenters. The van der Waals surface area contributed by atoms with Crippen molar-refractivity contribution in [3.63, 3.8) is 0 Å². The van der Waals surface area contributed by atoms with E-state index in [0.29, 0.717) is 0 Å². The van der Waals surface area contributed by atoms with Crippen molar-refractivity contribution in [3.8, 4) is 0 Å². The first-order valence-electron chi connectivity index (χ1n) is 5.83. The maximum Gasteiger partial charge on any atom is 0.356 e. The zero-order chi connectivity index (χ0) is 15.4. The molecule has 1 N–H and O–H groups in total. The van der Waals surface area contributed by atoms with Crippen LogP contribution in [0.5, 0.6) is 0 Å². The Morgan fingerprint density at radius 2 is 1.86 bits per heavy atom. The fraction of sp³-hybridized carbons (Fsp3) is 0.0714. The van der Waals surface area contributed by atoms with E-state index in [9.17, 15) is 18.4 Å². The highest BCUT2D eigenvalue weighted by molar-refractivity contribution is 6.03. The Hall–Kier alpha value is -2.83. The molecule has 1 amide bonds. The van der Waals surface area contributed by atoms with Gasteiger partial charge in [0.05, 0.1) is 12.8 Å². The van der Waals surface area contributed by atoms with Gasteiger partial charge in [0.1, 0.15) is 23.0 Å². The second-order valence-electron chi connectivity index (χ2n) is 3.98. The summed E-state index contributed by atoms with van der Waals surface area (Å²) in [6, 6.07) is 6.79. The molecule has 21 heavy (non-hydrogen) atoms. The molecule has 0 unspecified atom stereocenters. The number of carbonyl (C=O) groups excluding carboxylic acids is 2. The lowest BCUT2D eigenvalue weighted by molar-refractivity contribution is 0.0594. The number of carbonyl (C=O) groups is 2. The van der Waals surface area contributed by atoms with Crippen LogP contribution in [-0.2, 0) is 4.74 Å². The summed E-state index contributed by atoms with van der Waals surface area (Å²) in [5.74, 6) is -2.95. The van der Waals surface area contributed by atoms with Crippen LogP contribution in [0.4, 0.5) is 14.5 Å². The first-order chi connectivity index (χ1) is 10.0. The lowest BCUT2D eigenvalue weighted by Gasteiger charge is -2.07. The molecule has 2 rings (SSSR count). The second-order valence-corrected chi connectivity index (χ2v) is 3.98. The van der Waals surface area contributed by atoms with E-state index in [0.717, 1.165) is 18.2 Å². The molecule has 7 heteroatoms. The normalized spacial score (nSPS) is 10.0. The van der Waals surface area contributed by atoms with Crippen LogP contribution in [0.25, 0.3) is 0 Å². The van der Waals surface area contributed by atoms with Crippen molar-refractivity contribution in [2.75, 3.05) is 12.4 Å². The Labute approximate surface area is 118 Å². The first kappa shape index (κ1) is 14.6. The van der Waals surface area contributed by atoms with Crippen molar-refractivity contribution in [1.29, 1.82) is 0 Å². The van der Waals surface area contributed by atoms with Crippen molar-refractivity contribution in [2.24, 2.45) is 0 Å². The van der Waals surface area contributed by atoms with Gasteiger partial charge in [-0.25, -0.2) is 18.6 Å². The molecule has 1 aromatic heterocycles. The van der Waals surface area contributed by atoms with Crippen LogP contribution in [0, 0.1) is 11.6 Å². The summed E-state index contributed by atoms with van der Waals surface area (Å²) in [5.41, 5.74) is -0.503. The number of halogens is 2. The van der Waals surface area contributed by atoms with E-state index >= 15 is 0 Å². The number of ether oxygens (including phenoxy) is 1. The van der Waals surface area contributed by atoms with Crippen molar-refractivity contribution < 1.29 is 23.1 Å². The third-order valence-corrected chi connectivity index (χ3v) is 2.55. The molecule has 0 fully saturated rings. The summed E-state index contributed by atoms with van der Waals surface area (Å²) >= 11 is 0. The van der Waals surface area contributed by atoms with Gasteiger partial charge in [0.25, 0.3) is 5.91 Å². The van der Waals surface area contributed by atoms with E-state index in [1.807, 2.05) is 0 Å². The molecule has 108 valence electrons. The maximum absolute atomic E-state index is 13.4. The molecule has 0 aliphatic carbocycles. The smallest absolute Gasteiger partial charge is 0.356 e. The summed E-state index contributed by atoms with van der Waals surface area (Å²) in [6.45, 7) is 0. The van der Waals surface area contributed by atoms with Gasteiger partial charge in [-0.1, -0.05) is 6.07 Å². The molecular formula is C14H10F2N2O3. The number of nitrogens with zero attached hydrogens (tertiary/aromatic N) is 1. The SMILES string of the molecule is COC(=O)c1cccc(C(=O)Nc2cc(F)ccc2F)n1. The molecule has 1 heterocycles. The molecule has 5 nitrogen and oxygen atoms in total. The number of hydrogen-bond donors (Lipinski definition) is 1. The van der Waals surface area contributed by atoms with E-state index in [-0.39, 0.29) is 17.1 Å². The van der Waals surface area contributed by atoms with Gasteiger partial charge in [-0.15, -0.1) is 0 Å². The van der Waals surface area contributed by atoms with Gasteiger partial charge in [-0.05, 0) is 24.3 Å². The van der Waals surface area contributed by atoms with E-state index in [1.54, 1.807) is 0 Å². The molecule has 1 aromatic carbocycles. The number of esters is 1. The zero-order valence-corrected chi connectivity index (χ0v) is 10.9. The van der Waals surface area contributed by atoms with Crippen LogP contribution in [0.2, 0.25) is 0 Å². The van der Waals surface area contributed by atoms with E-state index in [2.05, 4.69) is 15.0 Å². The highest BCUT2D eigenvalue weighted by Crippen LogP contribution is 2.16. The van der Waals surface area contributed by atoms with Crippen LogP contribution in [0.3, 0.4) is 0 Å². The third kappa shape index (κ3) is 3.38. The number of nitrogens with one attached hydrogen (secondary N) is 1. The molecule has 0 saturated carbocycles. The monoisotopic (exact) mass is 292 g/mol. The quantitative estimate of drug-likeness (QED) is 0.882. The van der Waals surface area contributed by atoms with Crippen LogP contribution < -0.4 is 5.32 Å². The van der Waals surface area contributed by atoms with E-state index in [4.69, 9.17) is 0 Å². The van der Waals surface area contributed by atoms with Gasteiger partial charge >= 0.3 is 5.97 Å². The number of aromatic nitrogens is 1. The van der Waals surface area contributed by atoms with Crippen molar-refractivity contribution in [2.45, 2.75) is 0 Å². The standard InChI is InChI=1S/C14H10F2N2O3/c1-21-14(20)11-4-2-3-10(17-11)13(19)18-12-7-8(15)5-6-9(12)16/h2-7H,1H3,(H,18,19). The maximum atomic E-state index is 13.4. The predicted molar refractivity (Wildman–Crippen MR) is 69.9 cm³/mol. The minimum Gasteiger partial charge on any atom is -0.464 e. The first-order valence-corrected chi connectivity index (χ1v) is 5.83. The van der Waals surface area contributed by atoms with Gasteiger partial charge in [-0.3, -0.25) is 4.79 Å². The number of anilines is 1. The fourth-order valence-corrected chi connectivity index (χ4v) is 1.56. The lowest BCUT2D eigenvalue weighted by atomic mass is 10.2. The number of benzene rings is 1. The molecule has 0 bridgehead atoms. The number of methoxy groups -OCH3 is 1. The summed E-state index contributed by atoms with van der Waals surface area (Å²) in [6.07, 6.45) is 0. The minimum absolute atomic E-state index is 0.0649. The number of pyridine rings is 1. The van der Waals surface area contributed by atoms with Gasteiger partial charge in [0.2, 0.25) is 0 Å². The number of amides is 1. The molecule has 0 aliphatic rings. The Morgan fingerprint density at radius 1 is 1.14 bits per heavy atom. The second kappa shape index (κ2) is 6.08. The van der Waals surface area contributed by atoms with Crippen molar-refractivity contribution in [1.82, 2.24) is 4.98 Å². The summed E-state index contributed by atoms with van der Waals surface area (Å²) in [4.78, 5) is 27.0. The highest BCUT2D eigenvalue weighted by Gasteiger charge is 2.14. The Morgan fingerprint density at radius 3 is 2.57 bits per heavy atom. The zero-order valence-electron chi connectivity index (χ0n) is 10.9. The predicted octanol–water partition coefficient (Wildman–Crippen LogP) is 2.40. The minimum atomic E-state index is -0.783. The fourth-order valence-electron chi connectivity index (χ4n) is 1.56. The molecule has 0 radical (unpaired) electrons. The molecule has 2 aromatic rings. The lowest BCUT2D eigenvalue weighted by Crippen LogP contribution is -2.16. The largest absolute Gasteiger partial charge is 0.464 e. The van der Waals surface area contributed by atoms with Gasteiger partial charge in [0, 0.05) is 6.07 Å². The number of rotatable bonds is 3. The Balaban J connectivity index is 2.24. The topological polar surface area (TPSA) is 68.3 Å². The van der Waals surface area contributed by atoms with E-state index < -0.39 is 23.5 Å². The average molecular weight is 292 g/mol. The summed E-state index contributed by atoms with van der Waals surface area (Å²) < 4.78 is 30.9. The number of hydrogen-bond acceptors (Lipinski definition) is 4. The molecule has 0 aliphatic heterocycles. The molecule has 0 spiro atoms. The average Bonchev–Trinajstić information content (AvgIpc) is 2.50. The van der Waals surface area contributed by atoms with Crippen LogP contribution in [-0.4, -0.2) is 24.0 Å². The Kier molecular flexibility index (Phi) is 4.22. The third-order valence-electron chi connectivity index (χ3n) is 2.55. The van der Waals surface area contributed by atoms with Gasteiger partial charge in [0.15, 0.2) is 0 Å². The van der Waals surface area contributed by atoms with Crippen LogP contribution in [0.15, 0.2) is 36.4 Å².